The highest BCUT2D eigenvalue weighted by Crippen LogP contribution is 2.33. The number of thioether (sulfide) groups is 1. The van der Waals surface area contributed by atoms with Crippen molar-refractivity contribution in [2.45, 2.75) is 99.7 Å². The van der Waals surface area contributed by atoms with E-state index in [1.165, 1.54) is 37.4 Å². The van der Waals surface area contributed by atoms with Gasteiger partial charge in [-0.3, -0.25) is 0 Å². The Morgan fingerprint density at radius 1 is 0.667 bits per heavy atom. The van der Waals surface area contributed by atoms with Crippen LogP contribution in [0.25, 0.3) is 0 Å². The van der Waals surface area contributed by atoms with Crippen molar-refractivity contribution in [1.82, 2.24) is 0 Å². The molecule has 2 rings (SSSR count). The van der Waals surface area contributed by atoms with Gasteiger partial charge in [-0.25, -0.2) is 0 Å². The van der Waals surface area contributed by atoms with Gasteiger partial charge >= 0.3 is 0 Å². The second-order valence-corrected chi connectivity index (χ2v) is 10.1. The molecule has 10 atom stereocenters. The predicted octanol–water partition coefficient (Wildman–Crippen LogP) is -1.01. The van der Waals surface area contributed by atoms with E-state index in [4.69, 9.17) is 14.2 Å². The minimum absolute atomic E-state index is 0.0900. The maximum atomic E-state index is 10.6. The molecule has 0 aromatic heterocycles. The van der Waals surface area contributed by atoms with Crippen LogP contribution in [0.4, 0.5) is 0 Å². The van der Waals surface area contributed by atoms with Gasteiger partial charge in [-0.05, 0) is 12.2 Å². The van der Waals surface area contributed by atoms with E-state index in [1.54, 1.807) is 0 Å². The van der Waals surface area contributed by atoms with Crippen LogP contribution in [-0.2, 0) is 14.2 Å². The highest BCUT2D eigenvalue weighted by Gasteiger charge is 2.46. The highest BCUT2D eigenvalue weighted by molar-refractivity contribution is 7.99. The average molecular weight is 499 g/mol. The maximum Gasteiger partial charge on any atom is 0.132 e. The number of unbranched alkanes of at least 4 members (excludes halogenated alkanes) is 5. The molecule has 0 saturated carbocycles. The molecule has 7 N–H and O–H groups in total. The number of ether oxygens (including phenoxy) is 3. The molecule has 0 amide bonds. The normalized spacial score (nSPS) is 39.6. The Hall–Kier alpha value is -0.0500. The molecule has 2 aliphatic heterocycles. The topological polar surface area (TPSA) is 169 Å². The third-order valence-electron chi connectivity index (χ3n) is 6.40. The van der Waals surface area contributed by atoms with Crippen LogP contribution in [-0.4, -0.2) is 122 Å². The molecule has 0 bridgehead atoms. The van der Waals surface area contributed by atoms with E-state index < -0.39 is 66.8 Å². The first-order valence-corrected chi connectivity index (χ1v) is 13.0. The van der Waals surface area contributed by atoms with Gasteiger partial charge < -0.3 is 50.0 Å². The highest BCUT2D eigenvalue weighted by atomic mass is 32.2. The number of hydrogen-bond donors (Lipinski definition) is 7. The van der Waals surface area contributed by atoms with Gasteiger partial charge in [-0.15, -0.1) is 11.8 Å². The van der Waals surface area contributed by atoms with Gasteiger partial charge in [0.05, 0.1) is 38.6 Å². The Morgan fingerprint density at radius 3 is 1.97 bits per heavy atom. The average Bonchev–Trinajstić information content (AvgIpc) is 2.82. The summed E-state index contributed by atoms with van der Waals surface area (Å²) in [5.41, 5.74) is -0.644. The van der Waals surface area contributed by atoms with Crippen LogP contribution in [0.5, 0.6) is 0 Å². The predicted molar refractivity (Wildman–Crippen MR) is 122 cm³/mol. The van der Waals surface area contributed by atoms with E-state index in [9.17, 15) is 35.7 Å². The lowest BCUT2D eigenvalue weighted by Crippen LogP contribution is -2.60. The fraction of sp³-hybridized carbons (Fsp3) is 1.00. The summed E-state index contributed by atoms with van der Waals surface area (Å²) in [6, 6.07) is 0. The molecule has 2 saturated heterocycles. The Balaban J connectivity index is 1.79. The van der Waals surface area contributed by atoms with Crippen LogP contribution in [0, 0.1) is 5.92 Å². The third-order valence-corrected chi connectivity index (χ3v) is 7.64. The largest absolute Gasteiger partial charge is 0.394 e. The molecule has 4 unspecified atom stereocenters. The van der Waals surface area contributed by atoms with Crippen molar-refractivity contribution in [3.8, 4) is 0 Å². The lowest BCUT2D eigenvalue weighted by molar-refractivity contribution is -0.243. The molecule has 0 radical (unpaired) electrons. The van der Waals surface area contributed by atoms with Crippen LogP contribution in [0.3, 0.4) is 0 Å². The second-order valence-electron chi connectivity index (χ2n) is 8.91. The van der Waals surface area contributed by atoms with Crippen molar-refractivity contribution in [3.05, 3.63) is 0 Å². The van der Waals surface area contributed by atoms with Crippen molar-refractivity contribution in [2.24, 2.45) is 5.92 Å². The summed E-state index contributed by atoms with van der Waals surface area (Å²) in [4.78, 5) is 0. The summed E-state index contributed by atoms with van der Waals surface area (Å²) < 4.78 is 16.8. The van der Waals surface area contributed by atoms with Crippen LogP contribution in [0.1, 0.15) is 45.4 Å². The number of aliphatic hydroxyl groups excluding tert-OH is 7. The van der Waals surface area contributed by atoms with E-state index in [2.05, 4.69) is 6.92 Å². The summed E-state index contributed by atoms with van der Waals surface area (Å²) in [5, 5.41) is 70.0. The van der Waals surface area contributed by atoms with E-state index in [-0.39, 0.29) is 19.8 Å². The second kappa shape index (κ2) is 15.1. The first-order chi connectivity index (χ1) is 15.8. The smallest absolute Gasteiger partial charge is 0.132 e. The van der Waals surface area contributed by atoms with Gasteiger partial charge in [-0.1, -0.05) is 39.0 Å². The molecule has 33 heavy (non-hydrogen) atoms. The SMILES string of the molecule is CCCCCCCCS[C@@H]1OC(CO)[C@@H](COC[C@H]2OC(CO)[C@@H](O)C(O)[C@@H]2O)C(O)[C@@H]1O. The van der Waals surface area contributed by atoms with E-state index in [0.29, 0.717) is 0 Å². The molecule has 11 heteroatoms. The molecule has 0 spiro atoms. The molecule has 10 nitrogen and oxygen atoms in total. The van der Waals surface area contributed by atoms with Crippen molar-refractivity contribution < 1.29 is 50.0 Å². The summed E-state index contributed by atoms with van der Waals surface area (Å²) in [5.74, 6) is 0.0811. The number of hydrogen-bond acceptors (Lipinski definition) is 11. The first kappa shape index (κ1) is 29.2. The molecule has 0 aliphatic carbocycles. The molecule has 2 aliphatic rings. The van der Waals surface area contributed by atoms with Crippen molar-refractivity contribution in [1.29, 1.82) is 0 Å². The zero-order chi connectivity index (χ0) is 24.4. The van der Waals surface area contributed by atoms with E-state index in [1.807, 2.05) is 0 Å². The fourth-order valence-corrected chi connectivity index (χ4v) is 5.41. The zero-order valence-electron chi connectivity index (χ0n) is 19.3. The number of rotatable bonds is 14. The Morgan fingerprint density at radius 2 is 1.30 bits per heavy atom. The van der Waals surface area contributed by atoms with Crippen LogP contribution < -0.4 is 0 Å². The van der Waals surface area contributed by atoms with Gasteiger partial charge in [0.1, 0.15) is 42.1 Å². The van der Waals surface area contributed by atoms with E-state index in [0.717, 1.165) is 18.6 Å². The van der Waals surface area contributed by atoms with Gasteiger partial charge in [0, 0.05) is 5.92 Å². The van der Waals surface area contributed by atoms with Crippen molar-refractivity contribution in [3.63, 3.8) is 0 Å². The Labute approximate surface area is 199 Å². The van der Waals surface area contributed by atoms with Gasteiger partial charge in [-0.2, -0.15) is 0 Å². The summed E-state index contributed by atoms with van der Waals surface area (Å²) in [6.07, 6.45) is -2.51. The zero-order valence-corrected chi connectivity index (χ0v) is 20.1. The van der Waals surface area contributed by atoms with Crippen LogP contribution >= 0.6 is 11.8 Å². The molecular weight excluding hydrogens is 456 g/mol. The molecule has 2 fully saturated rings. The van der Waals surface area contributed by atoms with Crippen molar-refractivity contribution >= 4 is 11.8 Å². The van der Waals surface area contributed by atoms with Gasteiger partial charge in [0.25, 0.3) is 0 Å². The summed E-state index contributed by atoms with van der Waals surface area (Å²) in [6.45, 7) is 1.01. The Bertz CT molecular complexity index is 525. The maximum absolute atomic E-state index is 10.6. The van der Waals surface area contributed by atoms with Crippen molar-refractivity contribution in [2.75, 3.05) is 32.2 Å². The monoisotopic (exact) mass is 498 g/mol. The van der Waals surface area contributed by atoms with Crippen LogP contribution in [0.2, 0.25) is 0 Å². The lowest BCUT2D eigenvalue weighted by atomic mass is 9.90. The lowest BCUT2D eigenvalue weighted by Gasteiger charge is -2.43. The third kappa shape index (κ3) is 8.25. The molecule has 2 heterocycles. The minimum atomic E-state index is -1.50. The molecule has 196 valence electrons. The first-order valence-electron chi connectivity index (χ1n) is 12.0. The molecular formula is C22H42O10S. The number of aliphatic hydroxyl groups is 7. The van der Waals surface area contributed by atoms with Gasteiger partial charge in [0.2, 0.25) is 0 Å². The fourth-order valence-electron chi connectivity index (χ4n) is 4.23. The Kier molecular flexibility index (Phi) is 13.4. The summed E-state index contributed by atoms with van der Waals surface area (Å²) in [7, 11) is 0. The molecule has 0 aromatic rings. The van der Waals surface area contributed by atoms with Gasteiger partial charge in [0.15, 0.2) is 0 Å². The standard InChI is InChI=1S/C22H42O10S/c1-2-3-4-5-6-7-8-33-22-21(29)17(25)13(14(9-23)32-22)11-30-12-16-19(27)20(28)18(26)15(10-24)31-16/h13-29H,2-12H2,1H3/t13-,14?,15?,16-,17?,18-,19-,20?,21+,22+/m1/s1. The van der Waals surface area contributed by atoms with Crippen LogP contribution in [0.15, 0.2) is 0 Å². The summed E-state index contributed by atoms with van der Waals surface area (Å²) >= 11 is 1.43. The minimum Gasteiger partial charge on any atom is -0.394 e. The molecule has 0 aromatic carbocycles. The van der Waals surface area contributed by atoms with E-state index >= 15 is 0 Å². The quantitative estimate of drug-likeness (QED) is 0.147.